The lowest BCUT2D eigenvalue weighted by Gasteiger charge is -2.32. The van der Waals surface area contributed by atoms with Gasteiger partial charge in [0.25, 0.3) is 0 Å². The molecular weight excluding hydrogens is 416 g/mol. The number of nitrogens with zero attached hydrogens (tertiary/aromatic N) is 1. The number of likely N-dealkylation sites (tertiary alicyclic amines) is 1. The Hall–Kier alpha value is -2.73. The van der Waals surface area contributed by atoms with Gasteiger partial charge in [0.05, 0.1) is 11.4 Å². The van der Waals surface area contributed by atoms with E-state index >= 15 is 0 Å². The zero-order valence-electron chi connectivity index (χ0n) is 17.4. The Labute approximate surface area is 187 Å². The molecule has 2 aliphatic rings. The zero-order valence-corrected chi connectivity index (χ0v) is 18.2. The second kappa shape index (κ2) is 10.1. The largest absolute Gasteiger partial charge is 0.486 e. The number of fused-ring (bicyclic) bond motifs is 1. The lowest BCUT2D eigenvalue weighted by molar-refractivity contribution is -0.131. The third-order valence-corrected chi connectivity index (χ3v) is 5.99. The third kappa shape index (κ3) is 5.70. The predicted molar refractivity (Wildman–Crippen MR) is 119 cm³/mol. The molecule has 164 valence electrons. The van der Waals surface area contributed by atoms with Gasteiger partial charge in [-0.3, -0.25) is 9.59 Å². The van der Waals surface area contributed by atoms with Crippen LogP contribution in [0.15, 0.2) is 42.5 Å². The van der Waals surface area contributed by atoms with Crippen molar-refractivity contribution in [1.82, 2.24) is 10.2 Å². The van der Waals surface area contributed by atoms with E-state index in [0.717, 1.165) is 30.4 Å². The molecule has 1 N–H and O–H groups in total. The molecule has 0 spiro atoms. The number of halogens is 1. The Morgan fingerprint density at radius 2 is 1.77 bits per heavy atom. The van der Waals surface area contributed by atoms with Crippen molar-refractivity contribution in [3.05, 3.63) is 58.6 Å². The molecule has 0 aliphatic carbocycles. The minimum absolute atomic E-state index is 0.0570. The maximum absolute atomic E-state index is 12.8. The summed E-state index contributed by atoms with van der Waals surface area (Å²) in [7, 11) is 0. The maximum Gasteiger partial charge on any atom is 0.226 e. The van der Waals surface area contributed by atoms with Crippen molar-refractivity contribution >= 4 is 23.4 Å². The first-order valence-corrected chi connectivity index (χ1v) is 11.2. The van der Waals surface area contributed by atoms with Gasteiger partial charge in [-0.15, -0.1) is 0 Å². The summed E-state index contributed by atoms with van der Waals surface area (Å²) >= 11 is 6.28. The minimum atomic E-state index is 0.0570. The molecule has 1 saturated heterocycles. The van der Waals surface area contributed by atoms with Gasteiger partial charge in [0.1, 0.15) is 13.2 Å². The quantitative estimate of drug-likeness (QED) is 0.744. The molecule has 2 heterocycles. The topological polar surface area (TPSA) is 67.9 Å². The number of aryl methyl sites for hydroxylation is 1. The normalized spacial score (nSPS) is 16.1. The lowest BCUT2D eigenvalue weighted by Crippen LogP contribution is -2.47. The summed E-state index contributed by atoms with van der Waals surface area (Å²) in [5.41, 5.74) is 1.98. The minimum Gasteiger partial charge on any atom is -0.486 e. The number of nitrogens with one attached hydrogen (secondary N) is 1. The number of rotatable bonds is 6. The summed E-state index contributed by atoms with van der Waals surface area (Å²) < 4.78 is 11.1. The Balaban J connectivity index is 1.23. The van der Waals surface area contributed by atoms with E-state index in [-0.39, 0.29) is 24.3 Å². The van der Waals surface area contributed by atoms with Crippen LogP contribution in [0.5, 0.6) is 11.5 Å². The average molecular weight is 443 g/mol. The Morgan fingerprint density at radius 3 is 2.55 bits per heavy atom. The number of carbonyl (C=O) groups excluding carboxylic acids is 2. The molecule has 2 aliphatic heterocycles. The number of benzene rings is 2. The lowest BCUT2D eigenvalue weighted by atomic mass is 10.0. The molecule has 4 rings (SSSR count). The molecule has 0 saturated carbocycles. The summed E-state index contributed by atoms with van der Waals surface area (Å²) in [5.74, 6) is 1.27. The molecule has 0 atom stereocenters. The van der Waals surface area contributed by atoms with E-state index in [0.29, 0.717) is 49.2 Å². The van der Waals surface area contributed by atoms with Crippen molar-refractivity contribution in [2.45, 2.75) is 38.1 Å². The Bertz CT molecular complexity index is 927. The first-order chi connectivity index (χ1) is 15.1. The van der Waals surface area contributed by atoms with Crippen LogP contribution in [-0.4, -0.2) is 49.1 Å². The number of amides is 2. The van der Waals surface area contributed by atoms with Crippen LogP contribution < -0.4 is 14.8 Å². The van der Waals surface area contributed by atoms with Gasteiger partial charge in [-0.25, -0.2) is 0 Å². The van der Waals surface area contributed by atoms with Gasteiger partial charge in [0.15, 0.2) is 11.5 Å². The van der Waals surface area contributed by atoms with Gasteiger partial charge >= 0.3 is 0 Å². The molecule has 0 bridgehead atoms. The second-order valence-corrected chi connectivity index (χ2v) is 8.39. The highest BCUT2D eigenvalue weighted by molar-refractivity contribution is 6.32. The molecular formula is C24H27ClN2O4. The van der Waals surface area contributed by atoms with E-state index in [1.54, 1.807) is 6.07 Å². The third-order valence-electron chi connectivity index (χ3n) is 5.71. The molecule has 2 aromatic rings. The van der Waals surface area contributed by atoms with E-state index in [1.807, 2.05) is 41.3 Å². The molecule has 6 nitrogen and oxygen atoms in total. The van der Waals surface area contributed by atoms with E-state index in [9.17, 15) is 9.59 Å². The molecule has 2 aromatic carbocycles. The number of hydrogen-bond donors (Lipinski definition) is 1. The second-order valence-electron chi connectivity index (χ2n) is 7.99. The predicted octanol–water partition coefficient (Wildman–Crippen LogP) is 3.39. The highest BCUT2D eigenvalue weighted by Crippen LogP contribution is 2.38. The fourth-order valence-electron chi connectivity index (χ4n) is 4.03. The number of carbonyl (C=O) groups is 2. The van der Waals surface area contributed by atoms with Gasteiger partial charge in [-0.2, -0.15) is 0 Å². The number of hydrogen-bond acceptors (Lipinski definition) is 4. The Morgan fingerprint density at radius 1 is 1.03 bits per heavy atom. The summed E-state index contributed by atoms with van der Waals surface area (Å²) in [6.07, 6.45) is 3.02. The molecule has 2 amide bonds. The molecule has 0 aromatic heterocycles. The molecule has 0 unspecified atom stereocenters. The van der Waals surface area contributed by atoms with E-state index < -0.39 is 0 Å². The number of ether oxygens (including phenoxy) is 2. The first kappa shape index (κ1) is 21.5. The van der Waals surface area contributed by atoms with E-state index in [4.69, 9.17) is 21.1 Å². The summed E-state index contributed by atoms with van der Waals surface area (Å²) in [5, 5.41) is 3.58. The molecule has 1 fully saturated rings. The van der Waals surface area contributed by atoms with Crippen LogP contribution in [0.1, 0.15) is 30.4 Å². The summed E-state index contributed by atoms with van der Waals surface area (Å²) in [6, 6.07) is 13.7. The van der Waals surface area contributed by atoms with Gasteiger partial charge in [-0.1, -0.05) is 41.9 Å². The van der Waals surface area contributed by atoms with Crippen LogP contribution in [0.4, 0.5) is 0 Å². The summed E-state index contributed by atoms with van der Waals surface area (Å²) in [4.78, 5) is 26.9. The fraction of sp³-hybridized carbons (Fsp3) is 0.417. The van der Waals surface area contributed by atoms with Crippen LogP contribution in [0.2, 0.25) is 5.02 Å². The van der Waals surface area contributed by atoms with Crippen molar-refractivity contribution in [1.29, 1.82) is 0 Å². The average Bonchev–Trinajstić information content (AvgIpc) is 2.79. The van der Waals surface area contributed by atoms with Crippen molar-refractivity contribution in [2.75, 3.05) is 26.3 Å². The Kier molecular flexibility index (Phi) is 6.97. The summed E-state index contributed by atoms with van der Waals surface area (Å²) in [6.45, 7) is 2.23. The van der Waals surface area contributed by atoms with Crippen LogP contribution in [0.3, 0.4) is 0 Å². The van der Waals surface area contributed by atoms with Crippen molar-refractivity contribution in [3.8, 4) is 11.5 Å². The van der Waals surface area contributed by atoms with Gasteiger partial charge < -0.3 is 19.7 Å². The standard InChI is InChI=1S/C24H27ClN2O4/c25-20-14-18(15-21-24(20)31-13-12-30-21)16-23(29)27-10-8-19(9-11-27)26-22(28)7-6-17-4-2-1-3-5-17/h1-5,14-15,19H,6-13,16H2,(H,26,28). The van der Waals surface area contributed by atoms with Gasteiger partial charge in [-0.05, 0) is 42.5 Å². The molecule has 0 radical (unpaired) electrons. The highest BCUT2D eigenvalue weighted by atomic mass is 35.5. The van der Waals surface area contributed by atoms with Crippen LogP contribution in [-0.2, 0) is 22.4 Å². The van der Waals surface area contributed by atoms with Gasteiger partial charge in [0, 0.05) is 25.6 Å². The monoisotopic (exact) mass is 442 g/mol. The smallest absolute Gasteiger partial charge is 0.226 e. The zero-order chi connectivity index (χ0) is 21.6. The van der Waals surface area contributed by atoms with Crippen LogP contribution in [0.25, 0.3) is 0 Å². The molecule has 31 heavy (non-hydrogen) atoms. The van der Waals surface area contributed by atoms with Crippen LogP contribution in [0, 0.1) is 0 Å². The molecule has 7 heteroatoms. The van der Waals surface area contributed by atoms with Crippen molar-refractivity contribution in [3.63, 3.8) is 0 Å². The van der Waals surface area contributed by atoms with E-state index in [1.165, 1.54) is 0 Å². The SMILES string of the molecule is O=C(CCc1ccccc1)NC1CCN(C(=O)Cc2cc(Cl)c3c(c2)OCCO3)CC1. The highest BCUT2D eigenvalue weighted by Gasteiger charge is 2.25. The fourth-order valence-corrected chi connectivity index (χ4v) is 4.32. The first-order valence-electron chi connectivity index (χ1n) is 10.8. The van der Waals surface area contributed by atoms with E-state index in [2.05, 4.69) is 5.32 Å². The maximum atomic E-state index is 12.8. The van der Waals surface area contributed by atoms with Gasteiger partial charge in [0.2, 0.25) is 11.8 Å². The van der Waals surface area contributed by atoms with Crippen LogP contribution >= 0.6 is 11.6 Å². The van der Waals surface area contributed by atoms with Crippen molar-refractivity contribution in [2.24, 2.45) is 0 Å². The van der Waals surface area contributed by atoms with Crippen molar-refractivity contribution < 1.29 is 19.1 Å². The number of piperidine rings is 1.